The average Bonchev–Trinajstić information content (AvgIpc) is 2.33. The molecule has 11 heavy (non-hydrogen) atoms. The van der Waals surface area contributed by atoms with Gasteiger partial charge in [-0.15, -0.1) is 0 Å². The number of nitrogens with zero attached hydrogens (tertiary/aromatic N) is 1. The largest absolute Gasteiger partial charge is 0.313 e. The van der Waals surface area contributed by atoms with Gasteiger partial charge in [0.25, 0.3) is 0 Å². The van der Waals surface area contributed by atoms with Gasteiger partial charge in [-0.3, -0.25) is 4.90 Å². The van der Waals surface area contributed by atoms with Gasteiger partial charge in [0.15, 0.2) is 0 Å². The van der Waals surface area contributed by atoms with E-state index < -0.39 is 0 Å². The molecule has 0 radical (unpaired) electrons. The Kier molecular flexibility index (Phi) is 2.84. The van der Waals surface area contributed by atoms with Gasteiger partial charge in [-0.2, -0.15) is 12.6 Å². The first-order chi connectivity index (χ1) is 5.07. The van der Waals surface area contributed by atoms with Crippen LogP contribution in [-0.4, -0.2) is 35.9 Å². The lowest BCUT2D eigenvalue weighted by atomic mass is 10.0. The average molecular weight is 174 g/mol. The van der Waals surface area contributed by atoms with Gasteiger partial charge in [-0.25, -0.2) is 0 Å². The minimum atomic E-state index is 0.316. The first-order valence-electron chi connectivity index (χ1n) is 4.18. The van der Waals surface area contributed by atoms with Crippen molar-refractivity contribution in [2.24, 2.45) is 0 Å². The first kappa shape index (κ1) is 9.36. The maximum Gasteiger partial charge on any atom is 0.0500 e. The van der Waals surface area contributed by atoms with Crippen LogP contribution >= 0.6 is 12.6 Å². The fourth-order valence-corrected chi connectivity index (χ4v) is 1.72. The predicted molar refractivity (Wildman–Crippen MR) is 52.1 cm³/mol. The monoisotopic (exact) mass is 174 g/mol. The molecule has 2 unspecified atom stereocenters. The Morgan fingerprint density at radius 2 is 2.27 bits per heavy atom. The van der Waals surface area contributed by atoms with E-state index in [4.69, 9.17) is 0 Å². The minimum Gasteiger partial charge on any atom is -0.313 e. The zero-order chi connectivity index (χ0) is 8.48. The van der Waals surface area contributed by atoms with Crippen molar-refractivity contribution in [2.45, 2.75) is 31.2 Å². The summed E-state index contributed by atoms with van der Waals surface area (Å²) in [5.74, 6) is 0. The zero-order valence-corrected chi connectivity index (χ0v) is 8.49. The van der Waals surface area contributed by atoms with Gasteiger partial charge in [0, 0.05) is 24.0 Å². The van der Waals surface area contributed by atoms with Crippen molar-refractivity contribution in [1.29, 1.82) is 0 Å². The number of likely N-dealkylation sites (tertiary alicyclic amines) is 1. The molecule has 2 nitrogen and oxygen atoms in total. The van der Waals surface area contributed by atoms with Gasteiger partial charge >= 0.3 is 0 Å². The topological polar surface area (TPSA) is 15.3 Å². The number of nitrogens with one attached hydrogen (secondary N) is 1. The molecule has 1 heterocycles. The normalized spacial score (nSPS) is 36.0. The summed E-state index contributed by atoms with van der Waals surface area (Å²) < 4.78 is 0. The number of likely N-dealkylation sites (N-methyl/N-ethyl adjacent to an activating group) is 1. The summed E-state index contributed by atoms with van der Waals surface area (Å²) in [6.07, 6.45) is 1.23. The van der Waals surface area contributed by atoms with Gasteiger partial charge in [0.2, 0.25) is 0 Å². The van der Waals surface area contributed by atoms with E-state index in [0.29, 0.717) is 10.9 Å². The van der Waals surface area contributed by atoms with Crippen LogP contribution in [0, 0.1) is 0 Å². The van der Waals surface area contributed by atoms with E-state index in [1.807, 2.05) is 7.05 Å². The van der Waals surface area contributed by atoms with Crippen LogP contribution in [0.3, 0.4) is 0 Å². The Morgan fingerprint density at radius 3 is 2.55 bits per heavy atom. The summed E-state index contributed by atoms with van der Waals surface area (Å²) in [5, 5.41) is 3.74. The van der Waals surface area contributed by atoms with E-state index in [-0.39, 0.29) is 0 Å². The Labute approximate surface area is 74.8 Å². The van der Waals surface area contributed by atoms with Crippen molar-refractivity contribution in [1.82, 2.24) is 10.2 Å². The van der Waals surface area contributed by atoms with E-state index in [1.165, 1.54) is 13.0 Å². The molecular weight excluding hydrogens is 156 g/mol. The molecule has 1 saturated heterocycles. The second kappa shape index (κ2) is 3.33. The van der Waals surface area contributed by atoms with Crippen molar-refractivity contribution >= 4 is 12.6 Å². The lowest BCUT2D eigenvalue weighted by Crippen LogP contribution is -2.43. The molecule has 0 spiro atoms. The highest BCUT2D eigenvalue weighted by Gasteiger charge is 2.33. The maximum atomic E-state index is 4.41. The Bertz CT molecular complexity index is 138. The standard InChI is InChI=1S/C8H18N2S/c1-7(11)10-5-4-8(2,6-10)9-3/h7,9,11H,4-6H2,1-3H3. The highest BCUT2D eigenvalue weighted by Crippen LogP contribution is 2.22. The molecule has 1 fully saturated rings. The molecule has 0 saturated carbocycles. The van der Waals surface area contributed by atoms with Gasteiger partial charge in [0.1, 0.15) is 0 Å². The molecule has 0 aromatic rings. The highest BCUT2D eigenvalue weighted by atomic mass is 32.1. The van der Waals surface area contributed by atoms with Crippen LogP contribution < -0.4 is 5.32 Å². The van der Waals surface area contributed by atoms with Crippen LogP contribution in [0.15, 0.2) is 0 Å². The third-order valence-corrected chi connectivity index (χ3v) is 2.96. The van der Waals surface area contributed by atoms with Crippen molar-refractivity contribution < 1.29 is 0 Å². The fourth-order valence-electron chi connectivity index (χ4n) is 1.52. The smallest absolute Gasteiger partial charge is 0.0500 e. The zero-order valence-electron chi connectivity index (χ0n) is 7.59. The van der Waals surface area contributed by atoms with Crippen LogP contribution in [0.5, 0.6) is 0 Å². The summed E-state index contributed by atoms with van der Waals surface area (Å²) >= 11 is 4.41. The highest BCUT2D eigenvalue weighted by molar-refractivity contribution is 7.80. The molecule has 66 valence electrons. The van der Waals surface area contributed by atoms with Gasteiger partial charge in [0.05, 0.1) is 0 Å². The minimum absolute atomic E-state index is 0.316. The van der Waals surface area contributed by atoms with E-state index in [0.717, 1.165) is 6.54 Å². The predicted octanol–water partition coefficient (Wildman–Crippen LogP) is 0.946. The van der Waals surface area contributed by atoms with Crippen LogP contribution in [0.1, 0.15) is 20.3 Å². The van der Waals surface area contributed by atoms with Crippen LogP contribution in [-0.2, 0) is 0 Å². The molecule has 1 aliphatic rings. The number of hydrogen-bond acceptors (Lipinski definition) is 3. The molecular formula is C8H18N2S. The molecule has 0 aromatic heterocycles. The van der Waals surface area contributed by atoms with Gasteiger partial charge in [-0.1, -0.05) is 0 Å². The molecule has 0 bridgehead atoms. The number of hydrogen-bond donors (Lipinski definition) is 2. The lowest BCUT2D eigenvalue weighted by Gasteiger charge is -2.25. The number of rotatable bonds is 2. The number of thiol groups is 1. The Balaban J connectivity index is 2.46. The van der Waals surface area contributed by atoms with Gasteiger partial charge < -0.3 is 5.32 Å². The van der Waals surface area contributed by atoms with Crippen molar-refractivity contribution in [3.63, 3.8) is 0 Å². The molecule has 3 heteroatoms. The summed E-state index contributed by atoms with van der Waals surface area (Å²) in [6, 6.07) is 0. The van der Waals surface area contributed by atoms with Crippen molar-refractivity contribution in [3.05, 3.63) is 0 Å². The third kappa shape index (κ3) is 2.10. The summed E-state index contributed by atoms with van der Waals surface area (Å²) in [7, 11) is 2.03. The van der Waals surface area contributed by atoms with E-state index in [9.17, 15) is 0 Å². The maximum absolute atomic E-state index is 4.41. The quantitative estimate of drug-likeness (QED) is 0.606. The second-order valence-electron chi connectivity index (χ2n) is 3.66. The van der Waals surface area contributed by atoms with Crippen LogP contribution in [0.2, 0.25) is 0 Å². The van der Waals surface area contributed by atoms with Gasteiger partial charge in [-0.05, 0) is 27.3 Å². The molecule has 1 rings (SSSR count). The molecule has 1 aliphatic heterocycles. The first-order valence-corrected chi connectivity index (χ1v) is 4.70. The Morgan fingerprint density at radius 1 is 1.64 bits per heavy atom. The van der Waals surface area contributed by atoms with Crippen LogP contribution in [0.25, 0.3) is 0 Å². The van der Waals surface area contributed by atoms with E-state index >= 15 is 0 Å². The van der Waals surface area contributed by atoms with E-state index in [2.05, 4.69) is 36.7 Å². The summed E-state index contributed by atoms with van der Waals surface area (Å²) in [5.41, 5.74) is 0.316. The molecule has 0 aromatic carbocycles. The molecule has 0 amide bonds. The van der Waals surface area contributed by atoms with E-state index in [1.54, 1.807) is 0 Å². The second-order valence-corrected chi connectivity index (χ2v) is 4.41. The summed E-state index contributed by atoms with van der Waals surface area (Å²) in [6.45, 7) is 6.68. The van der Waals surface area contributed by atoms with Crippen molar-refractivity contribution in [2.75, 3.05) is 20.1 Å². The summed E-state index contributed by atoms with van der Waals surface area (Å²) in [4.78, 5) is 2.39. The molecule has 1 N–H and O–H groups in total. The van der Waals surface area contributed by atoms with Crippen molar-refractivity contribution in [3.8, 4) is 0 Å². The molecule has 0 aliphatic carbocycles. The third-order valence-electron chi connectivity index (χ3n) is 2.63. The Hall–Kier alpha value is 0.270. The fraction of sp³-hybridized carbons (Fsp3) is 1.00. The molecule has 2 atom stereocenters. The lowest BCUT2D eigenvalue weighted by molar-refractivity contribution is 0.296. The van der Waals surface area contributed by atoms with Crippen LogP contribution in [0.4, 0.5) is 0 Å². The SMILES string of the molecule is CNC1(C)CCN(C(C)S)C1.